The van der Waals surface area contributed by atoms with Gasteiger partial charge in [0.25, 0.3) is 0 Å². The van der Waals surface area contributed by atoms with Crippen LogP contribution in [-0.2, 0) is 0 Å². The smallest absolute Gasteiger partial charge is 0.0383 e. The highest BCUT2D eigenvalue weighted by atomic mass is 14.3. The molecule has 3 saturated carbocycles. The van der Waals surface area contributed by atoms with Crippen LogP contribution in [0, 0.1) is 41.4 Å². The van der Waals surface area contributed by atoms with E-state index < -0.39 is 0 Å². The molecule has 0 aromatic rings. The van der Waals surface area contributed by atoms with Gasteiger partial charge in [-0.05, 0) is 60.7 Å². The maximum atomic E-state index is 2.51. The summed E-state index contributed by atoms with van der Waals surface area (Å²) in [5.74, 6) is 7.10. The van der Waals surface area contributed by atoms with Crippen LogP contribution in [0.25, 0.3) is 0 Å². The highest BCUT2D eigenvalue weighted by Gasteiger charge is 2.27. The molecule has 0 radical (unpaired) electrons. The topological polar surface area (TPSA) is 0 Å². The van der Waals surface area contributed by atoms with Crippen molar-refractivity contribution >= 4 is 0 Å². The van der Waals surface area contributed by atoms with E-state index in [0.717, 1.165) is 41.4 Å². The molecule has 172 valence electrons. The molecule has 3 aliphatic carbocycles. The normalized spacial score (nSPS) is 40.7. The van der Waals surface area contributed by atoms with Gasteiger partial charge in [0.15, 0.2) is 0 Å². The summed E-state index contributed by atoms with van der Waals surface area (Å²) in [6, 6.07) is 0. The molecule has 0 aliphatic heterocycles. The molecule has 0 aromatic heterocycles. The molecule has 5 atom stereocenters. The van der Waals surface area contributed by atoms with E-state index in [4.69, 9.17) is 0 Å². The minimum atomic E-state index is 0.982. The van der Waals surface area contributed by atoms with Gasteiger partial charge in [0.2, 0.25) is 0 Å². The Kier molecular flexibility index (Phi) is 12.3. The molecular weight excluding hydrogens is 348 g/mol. The number of hydrogen-bond donors (Lipinski definition) is 0. The van der Waals surface area contributed by atoms with Crippen molar-refractivity contribution in [2.75, 3.05) is 0 Å². The van der Waals surface area contributed by atoms with Crippen LogP contribution in [-0.4, -0.2) is 0 Å². The highest BCUT2D eigenvalue weighted by molar-refractivity contribution is 4.78. The quantitative estimate of drug-likeness (QED) is 0.407. The van der Waals surface area contributed by atoms with Crippen LogP contribution in [0.5, 0.6) is 0 Å². The molecule has 29 heavy (non-hydrogen) atoms. The van der Waals surface area contributed by atoms with Crippen LogP contribution in [0.3, 0.4) is 0 Å². The van der Waals surface area contributed by atoms with Gasteiger partial charge in [-0.3, -0.25) is 0 Å². The lowest BCUT2D eigenvalue weighted by Gasteiger charge is -2.34. The summed E-state index contributed by atoms with van der Waals surface area (Å²) < 4.78 is 0. The SMILES string of the molecule is CC1CCCC(C)CCC1.CC1CCCCC(C2CCC(C)CCC(C)C2)CC1. The van der Waals surface area contributed by atoms with Crippen LogP contribution in [0.4, 0.5) is 0 Å². The Morgan fingerprint density at radius 1 is 0.310 bits per heavy atom. The maximum Gasteiger partial charge on any atom is -0.0383 e. The summed E-state index contributed by atoms with van der Waals surface area (Å²) in [6.45, 7) is 12.3. The predicted octanol–water partition coefficient (Wildman–Crippen LogP) is 10.1. The fourth-order valence-electron chi connectivity index (χ4n) is 6.47. The summed E-state index contributed by atoms with van der Waals surface area (Å²) in [7, 11) is 0. The first-order valence-corrected chi connectivity index (χ1v) is 13.9. The molecule has 3 rings (SSSR count). The second-order valence-corrected chi connectivity index (χ2v) is 12.2. The van der Waals surface area contributed by atoms with Crippen molar-refractivity contribution in [1.29, 1.82) is 0 Å². The Bertz CT molecular complexity index is 379. The van der Waals surface area contributed by atoms with Crippen molar-refractivity contribution in [3.8, 4) is 0 Å². The third kappa shape index (κ3) is 10.7. The van der Waals surface area contributed by atoms with Crippen molar-refractivity contribution in [2.45, 2.75) is 144 Å². The Morgan fingerprint density at radius 3 is 1.31 bits per heavy atom. The Hall–Kier alpha value is 0. The van der Waals surface area contributed by atoms with Gasteiger partial charge in [-0.15, -0.1) is 0 Å². The van der Waals surface area contributed by atoms with E-state index in [1.165, 1.54) is 103 Å². The molecule has 0 heterocycles. The van der Waals surface area contributed by atoms with Gasteiger partial charge in [0, 0.05) is 0 Å². The van der Waals surface area contributed by atoms with Crippen molar-refractivity contribution in [2.24, 2.45) is 41.4 Å². The summed E-state index contributed by atoms with van der Waals surface area (Å²) in [5, 5.41) is 0. The summed E-state index contributed by atoms with van der Waals surface area (Å²) in [6.07, 6.45) is 25.5. The number of hydrogen-bond acceptors (Lipinski definition) is 0. The standard InChI is InChI=1S/C19H36.C10H20/c1-15-6-4-5-7-18(12-10-15)19-13-11-16(2)8-9-17(3)14-19;1-9-5-3-7-10(2)8-4-6-9/h15-19H,4-14H2,1-3H3;9-10H,3-8H2,1-2H3. The molecule has 0 heteroatoms. The van der Waals surface area contributed by atoms with Crippen LogP contribution in [0.2, 0.25) is 0 Å². The molecule has 0 aromatic carbocycles. The Labute approximate surface area is 185 Å². The molecule has 0 spiro atoms. The van der Waals surface area contributed by atoms with E-state index in [9.17, 15) is 0 Å². The lowest BCUT2D eigenvalue weighted by Crippen LogP contribution is -2.22. The zero-order valence-electron chi connectivity index (χ0n) is 21.1. The van der Waals surface area contributed by atoms with Gasteiger partial charge in [-0.1, -0.05) is 125 Å². The maximum absolute atomic E-state index is 2.51. The van der Waals surface area contributed by atoms with E-state index in [2.05, 4.69) is 34.6 Å². The molecule has 3 aliphatic rings. The van der Waals surface area contributed by atoms with Crippen molar-refractivity contribution < 1.29 is 0 Å². The Morgan fingerprint density at radius 2 is 0.690 bits per heavy atom. The fraction of sp³-hybridized carbons (Fsp3) is 1.00. The largest absolute Gasteiger partial charge is 0.0625 e. The van der Waals surface area contributed by atoms with Crippen LogP contribution in [0.15, 0.2) is 0 Å². The fourth-order valence-corrected chi connectivity index (χ4v) is 6.47. The second kappa shape index (κ2) is 14.1. The molecule has 0 bridgehead atoms. The highest BCUT2D eigenvalue weighted by Crippen LogP contribution is 2.39. The van der Waals surface area contributed by atoms with Crippen LogP contribution < -0.4 is 0 Å². The van der Waals surface area contributed by atoms with E-state index in [1.54, 1.807) is 6.42 Å². The number of rotatable bonds is 1. The zero-order chi connectivity index (χ0) is 21.1. The van der Waals surface area contributed by atoms with Gasteiger partial charge >= 0.3 is 0 Å². The minimum Gasteiger partial charge on any atom is -0.0625 e. The molecule has 0 amide bonds. The van der Waals surface area contributed by atoms with Gasteiger partial charge in [0.1, 0.15) is 0 Å². The first kappa shape index (κ1) is 25.3. The van der Waals surface area contributed by atoms with Crippen LogP contribution >= 0.6 is 0 Å². The van der Waals surface area contributed by atoms with Gasteiger partial charge in [-0.2, -0.15) is 0 Å². The van der Waals surface area contributed by atoms with E-state index in [1.807, 2.05) is 0 Å². The average molecular weight is 405 g/mol. The zero-order valence-corrected chi connectivity index (χ0v) is 21.1. The van der Waals surface area contributed by atoms with E-state index in [0.29, 0.717) is 0 Å². The van der Waals surface area contributed by atoms with Gasteiger partial charge in [-0.25, -0.2) is 0 Å². The first-order chi connectivity index (χ1) is 13.9. The van der Waals surface area contributed by atoms with Crippen molar-refractivity contribution in [3.05, 3.63) is 0 Å². The summed E-state index contributed by atoms with van der Waals surface area (Å²) in [5.41, 5.74) is 0. The van der Waals surface area contributed by atoms with Crippen molar-refractivity contribution in [3.63, 3.8) is 0 Å². The average Bonchev–Trinajstić information content (AvgIpc) is 2.65. The van der Waals surface area contributed by atoms with Crippen molar-refractivity contribution in [1.82, 2.24) is 0 Å². The van der Waals surface area contributed by atoms with E-state index in [-0.39, 0.29) is 0 Å². The molecule has 5 unspecified atom stereocenters. The van der Waals surface area contributed by atoms with Gasteiger partial charge < -0.3 is 0 Å². The van der Waals surface area contributed by atoms with Crippen LogP contribution in [0.1, 0.15) is 144 Å². The third-order valence-corrected chi connectivity index (χ3v) is 8.89. The van der Waals surface area contributed by atoms with Gasteiger partial charge in [0.05, 0.1) is 0 Å². The lowest BCUT2D eigenvalue weighted by molar-refractivity contribution is 0.172. The molecule has 0 N–H and O–H groups in total. The minimum absolute atomic E-state index is 0.982. The Balaban J connectivity index is 0.000000253. The monoisotopic (exact) mass is 404 g/mol. The summed E-state index contributed by atoms with van der Waals surface area (Å²) in [4.78, 5) is 0. The predicted molar refractivity (Wildman–Crippen MR) is 131 cm³/mol. The molecule has 0 nitrogen and oxygen atoms in total. The van der Waals surface area contributed by atoms with E-state index >= 15 is 0 Å². The molecule has 3 fully saturated rings. The lowest BCUT2D eigenvalue weighted by atomic mass is 9.71. The summed E-state index contributed by atoms with van der Waals surface area (Å²) >= 11 is 0. The third-order valence-electron chi connectivity index (χ3n) is 8.89. The first-order valence-electron chi connectivity index (χ1n) is 13.9. The second-order valence-electron chi connectivity index (χ2n) is 12.2. The molecule has 0 saturated heterocycles. The molecular formula is C29H56.